The van der Waals surface area contributed by atoms with Crippen molar-refractivity contribution in [3.05, 3.63) is 21.7 Å². The summed E-state index contributed by atoms with van der Waals surface area (Å²) < 4.78 is 6.22. The van der Waals surface area contributed by atoms with Crippen molar-refractivity contribution in [3.8, 4) is 0 Å². The van der Waals surface area contributed by atoms with Crippen LogP contribution in [0.1, 0.15) is 50.9 Å². The second-order valence-electron chi connectivity index (χ2n) is 5.37. The molecular weight excluding hydrogens is 232 g/mol. The summed E-state index contributed by atoms with van der Waals surface area (Å²) in [6.07, 6.45) is 0.848. The lowest BCUT2D eigenvalue weighted by molar-refractivity contribution is 0.00840. The van der Waals surface area contributed by atoms with Crippen LogP contribution in [-0.2, 0) is 11.2 Å². The van der Waals surface area contributed by atoms with Gasteiger partial charge in [0.2, 0.25) is 0 Å². The summed E-state index contributed by atoms with van der Waals surface area (Å²) in [5, 5.41) is 0. The van der Waals surface area contributed by atoms with E-state index in [0.717, 1.165) is 23.5 Å². The molecule has 17 heavy (non-hydrogen) atoms. The first kappa shape index (κ1) is 14.3. The Morgan fingerprint density at radius 3 is 2.41 bits per heavy atom. The van der Waals surface area contributed by atoms with Crippen molar-refractivity contribution in [1.29, 1.82) is 0 Å². The van der Waals surface area contributed by atoms with Gasteiger partial charge in [0.25, 0.3) is 0 Å². The first-order chi connectivity index (χ1) is 7.81. The highest BCUT2D eigenvalue weighted by Crippen LogP contribution is 2.33. The van der Waals surface area contributed by atoms with E-state index in [4.69, 9.17) is 17.0 Å². The van der Waals surface area contributed by atoms with Crippen LogP contribution in [0.3, 0.4) is 0 Å². The van der Waals surface area contributed by atoms with Gasteiger partial charge in [0.1, 0.15) is 16.6 Å². The molecule has 4 heteroatoms. The van der Waals surface area contributed by atoms with Crippen LogP contribution in [0.4, 0.5) is 0 Å². The number of nitrogens with one attached hydrogen (secondary N) is 1. The summed E-state index contributed by atoms with van der Waals surface area (Å²) in [5.74, 6) is 0.826. The smallest absolute Gasteiger partial charge is 0.137 e. The quantitative estimate of drug-likeness (QED) is 0.835. The Labute approximate surface area is 109 Å². The molecule has 1 N–H and O–H groups in total. The molecule has 0 spiro atoms. The van der Waals surface area contributed by atoms with E-state index in [2.05, 4.69) is 37.7 Å². The highest BCUT2D eigenvalue weighted by Gasteiger charge is 2.28. The summed E-state index contributed by atoms with van der Waals surface area (Å²) >= 11 is 5.30. The number of aromatic amines is 1. The zero-order valence-corrected chi connectivity index (χ0v) is 12.4. The minimum Gasteiger partial charge on any atom is -0.373 e. The van der Waals surface area contributed by atoms with Crippen molar-refractivity contribution in [3.63, 3.8) is 0 Å². The van der Waals surface area contributed by atoms with Gasteiger partial charge in [-0.1, -0.05) is 39.9 Å². The summed E-state index contributed by atoms with van der Waals surface area (Å²) in [5.41, 5.74) is 2.20. The molecule has 1 unspecified atom stereocenters. The van der Waals surface area contributed by atoms with Crippen molar-refractivity contribution in [2.75, 3.05) is 7.11 Å². The van der Waals surface area contributed by atoms with Crippen molar-refractivity contribution >= 4 is 12.2 Å². The van der Waals surface area contributed by atoms with E-state index in [-0.39, 0.29) is 11.5 Å². The van der Waals surface area contributed by atoms with Crippen LogP contribution in [0.15, 0.2) is 0 Å². The van der Waals surface area contributed by atoms with E-state index in [0.29, 0.717) is 4.64 Å². The van der Waals surface area contributed by atoms with Crippen LogP contribution in [0.2, 0.25) is 0 Å². The van der Waals surface area contributed by atoms with E-state index in [1.165, 1.54) is 0 Å². The first-order valence-electron chi connectivity index (χ1n) is 5.93. The number of methoxy groups -OCH3 is 1. The van der Waals surface area contributed by atoms with Crippen molar-refractivity contribution in [2.24, 2.45) is 5.41 Å². The summed E-state index contributed by atoms with van der Waals surface area (Å²) in [6, 6.07) is 0. The molecule has 3 nitrogen and oxygen atoms in total. The lowest BCUT2D eigenvalue weighted by atomic mass is 9.88. The van der Waals surface area contributed by atoms with Gasteiger partial charge in [-0.15, -0.1) is 0 Å². The molecule has 0 aliphatic rings. The maximum absolute atomic E-state index is 5.56. The summed E-state index contributed by atoms with van der Waals surface area (Å²) in [4.78, 5) is 7.81. The van der Waals surface area contributed by atoms with Gasteiger partial charge in [-0.25, -0.2) is 4.98 Å². The fourth-order valence-corrected chi connectivity index (χ4v) is 2.17. The van der Waals surface area contributed by atoms with Crippen molar-refractivity contribution in [2.45, 2.75) is 47.1 Å². The van der Waals surface area contributed by atoms with Crippen molar-refractivity contribution in [1.82, 2.24) is 9.97 Å². The van der Waals surface area contributed by atoms with Gasteiger partial charge in [-0.2, -0.15) is 0 Å². The Kier molecular flexibility index (Phi) is 4.44. The molecule has 1 heterocycles. The van der Waals surface area contributed by atoms with Crippen LogP contribution >= 0.6 is 12.2 Å². The average molecular weight is 254 g/mol. The van der Waals surface area contributed by atoms with Gasteiger partial charge in [-0.3, -0.25) is 0 Å². The summed E-state index contributed by atoms with van der Waals surface area (Å²) in [6.45, 7) is 10.5. The standard InChI is InChI=1S/C13H22N2OS/c1-7-9-8(2)12(17)15-11(14-9)10(16-6)13(3,4)5/h10H,7H2,1-6H3,(H,14,15,17). The second-order valence-corrected chi connectivity index (χ2v) is 5.75. The average Bonchev–Trinajstić information content (AvgIpc) is 2.21. The molecule has 1 aromatic heterocycles. The topological polar surface area (TPSA) is 37.9 Å². The third-order valence-electron chi connectivity index (χ3n) is 2.90. The number of ether oxygens (including phenoxy) is 1. The fraction of sp³-hybridized carbons (Fsp3) is 0.692. The highest BCUT2D eigenvalue weighted by atomic mass is 32.1. The molecular formula is C13H22N2OS. The molecule has 0 aromatic carbocycles. The molecule has 96 valence electrons. The Morgan fingerprint density at radius 1 is 1.41 bits per heavy atom. The van der Waals surface area contributed by atoms with E-state index in [1.54, 1.807) is 7.11 Å². The van der Waals surface area contributed by atoms with Crippen LogP contribution in [-0.4, -0.2) is 17.1 Å². The Morgan fingerprint density at radius 2 is 2.00 bits per heavy atom. The number of rotatable bonds is 3. The van der Waals surface area contributed by atoms with Crippen molar-refractivity contribution < 1.29 is 4.74 Å². The Bertz CT molecular complexity index is 446. The number of nitrogens with zero attached hydrogens (tertiary/aromatic N) is 1. The van der Waals surface area contributed by atoms with E-state index >= 15 is 0 Å². The Balaban J connectivity index is 3.32. The molecule has 0 bridgehead atoms. The third-order valence-corrected chi connectivity index (χ3v) is 3.30. The predicted octanol–water partition coefficient (Wildman–Crippen LogP) is 3.74. The molecule has 0 saturated carbocycles. The molecule has 1 aromatic rings. The van der Waals surface area contributed by atoms with Crippen LogP contribution in [0, 0.1) is 17.0 Å². The van der Waals surface area contributed by atoms with E-state index in [9.17, 15) is 0 Å². The molecule has 1 rings (SSSR count). The molecule has 1 atom stereocenters. The lowest BCUT2D eigenvalue weighted by Gasteiger charge is -2.29. The van der Waals surface area contributed by atoms with Crippen LogP contribution in [0.25, 0.3) is 0 Å². The molecule has 0 saturated heterocycles. The summed E-state index contributed by atoms with van der Waals surface area (Å²) in [7, 11) is 1.71. The zero-order valence-electron chi connectivity index (χ0n) is 11.5. The number of hydrogen-bond acceptors (Lipinski definition) is 3. The fourth-order valence-electron chi connectivity index (χ4n) is 1.95. The first-order valence-corrected chi connectivity index (χ1v) is 6.34. The molecule has 0 aliphatic heterocycles. The van der Waals surface area contributed by atoms with Crippen LogP contribution < -0.4 is 0 Å². The number of aromatic nitrogens is 2. The number of hydrogen-bond donors (Lipinski definition) is 1. The third kappa shape index (κ3) is 3.13. The second kappa shape index (κ2) is 5.27. The number of H-pyrrole nitrogens is 1. The number of aryl methyl sites for hydroxylation is 1. The normalized spacial score (nSPS) is 13.8. The largest absolute Gasteiger partial charge is 0.373 e. The molecule has 0 radical (unpaired) electrons. The monoisotopic (exact) mass is 254 g/mol. The van der Waals surface area contributed by atoms with Gasteiger partial charge in [0.15, 0.2) is 0 Å². The van der Waals surface area contributed by atoms with Crippen LogP contribution in [0.5, 0.6) is 0 Å². The Hall–Kier alpha value is -0.740. The molecule has 0 aliphatic carbocycles. The van der Waals surface area contributed by atoms with Gasteiger partial charge in [0, 0.05) is 18.4 Å². The lowest BCUT2D eigenvalue weighted by Crippen LogP contribution is -2.23. The highest BCUT2D eigenvalue weighted by molar-refractivity contribution is 7.71. The maximum Gasteiger partial charge on any atom is 0.137 e. The predicted molar refractivity (Wildman–Crippen MR) is 72.7 cm³/mol. The van der Waals surface area contributed by atoms with E-state index in [1.807, 2.05) is 6.92 Å². The van der Waals surface area contributed by atoms with E-state index < -0.39 is 0 Å². The van der Waals surface area contributed by atoms with Gasteiger partial charge in [0.05, 0.1) is 0 Å². The molecule has 0 amide bonds. The van der Waals surface area contributed by atoms with Gasteiger partial charge < -0.3 is 9.72 Å². The minimum atomic E-state index is -0.0740. The molecule has 0 fully saturated rings. The zero-order chi connectivity index (χ0) is 13.2. The van der Waals surface area contributed by atoms with Gasteiger partial charge in [-0.05, 0) is 18.8 Å². The van der Waals surface area contributed by atoms with Gasteiger partial charge >= 0.3 is 0 Å². The SMILES string of the molecule is CCc1[nH]c(C(OC)C(C)(C)C)nc(=S)c1C. The maximum atomic E-state index is 5.56. The minimum absolute atomic E-state index is 0.0136.